The Kier molecular flexibility index (Phi) is 4.11. The van der Waals surface area contributed by atoms with Crippen molar-refractivity contribution in [1.82, 2.24) is 0 Å². The zero-order valence-electron chi connectivity index (χ0n) is 13.3. The third-order valence-electron chi connectivity index (χ3n) is 4.37. The van der Waals surface area contributed by atoms with E-state index in [1.165, 1.54) is 23.5 Å². The van der Waals surface area contributed by atoms with E-state index in [0.717, 1.165) is 36.0 Å². The summed E-state index contributed by atoms with van der Waals surface area (Å²) in [5.41, 5.74) is 5.42. The van der Waals surface area contributed by atoms with Gasteiger partial charge in [0.25, 0.3) is 0 Å². The molecule has 0 unspecified atom stereocenters. The monoisotopic (exact) mass is 330 g/mol. The smallest absolute Gasteiger partial charge is 0.175 e. The number of benzene rings is 2. The third kappa shape index (κ3) is 3.22. The minimum atomic E-state index is -3.19. The van der Waals surface area contributed by atoms with Gasteiger partial charge in [-0.05, 0) is 78.3 Å². The fraction of sp³-hybridized carbons (Fsp3) is 0.263. The van der Waals surface area contributed by atoms with Crippen molar-refractivity contribution in [3.05, 3.63) is 65.0 Å². The maximum Gasteiger partial charge on any atom is 0.175 e. The summed E-state index contributed by atoms with van der Waals surface area (Å²) in [4.78, 5) is 0.323. The predicted octanol–water partition coefficient (Wildman–Crippen LogP) is 4.63. The highest BCUT2D eigenvalue weighted by molar-refractivity contribution is 7.90. The Labute approximate surface area is 136 Å². The summed E-state index contributed by atoms with van der Waals surface area (Å²) in [5, 5.41) is 0. The van der Waals surface area contributed by atoms with Gasteiger partial charge in [-0.15, -0.1) is 0 Å². The van der Waals surface area contributed by atoms with Crippen molar-refractivity contribution in [2.24, 2.45) is 0 Å². The van der Waals surface area contributed by atoms with Gasteiger partial charge >= 0.3 is 0 Å². The molecule has 4 heteroatoms. The lowest BCUT2D eigenvalue weighted by Crippen LogP contribution is -1.97. The first-order valence-corrected chi connectivity index (χ1v) is 9.54. The molecule has 2 aromatic carbocycles. The first-order chi connectivity index (χ1) is 10.9. The Hall–Kier alpha value is -1.94. The Balaban J connectivity index is 2.08. The van der Waals surface area contributed by atoms with Gasteiger partial charge in [-0.1, -0.05) is 18.2 Å². The van der Waals surface area contributed by atoms with Crippen molar-refractivity contribution in [2.45, 2.75) is 31.1 Å². The van der Waals surface area contributed by atoms with Crippen molar-refractivity contribution < 1.29 is 12.8 Å². The molecule has 0 aromatic heterocycles. The molecule has 0 radical (unpaired) electrons. The lowest BCUT2D eigenvalue weighted by atomic mass is 9.94. The normalized spacial score (nSPS) is 15.3. The highest BCUT2D eigenvalue weighted by Gasteiger charge is 2.19. The second kappa shape index (κ2) is 5.93. The molecule has 0 saturated carbocycles. The quantitative estimate of drug-likeness (QED) is 0.822. The lowest BCUT2D eigenvalue weighted by molar-refractivity contribution is 0.602. The van der Waals surface area contributed by atoms with Crippen molar-refractivity contribution in [3.63, 3.8) is 0 Å². The minimum absolute atomic E-state index is 0.225. The van der Waals surface area contributed by atoms with Gasteiger partial charge in [0, 0.05) is 6.26 Å². The molecule has 23 heavy (non-hydrogen) atoms. The highest BCUT2D eigenvalue weighted by Crippen LogP contribution is 2.41. The Morgan fingerprint density at radius 2 is 1.61 bits per heavy atom. The van der Waals surface area contributed by atoms with Crippen LogP contribution in [0.5, 0.6) is 0 Å². The number of sulfone groups is 1. The molecule has 2 aromatic rings. The van der Waals surface area contributed by atoms with E-state index in [-0.39, 0.29) is 5.82 Å². The van der Waals surface area contributed by atoms with E-state index < -0.39 is 9.84 Å². The van der Waals surface area contributed by atoms with E-state index in [0.29, 0.717) is 4.90 Å². The lowest BCUT2D eigenvalue weighted by Gasteiger charge is -2.12. The largest absolute Gasteiger partial charge is 0.224 e. The Morgan fingerprint density at radius 1 is 0.957 bits per heavy atom. The predicted molar refractivity (Wildman–Crippen MR) is 91.4 cm³/mol. The highest BCUT2D eigenvalue weighted by atomic mass is 32.2. The van der Waals surface area contributed by atoms with Crippen LogP contribution in [-0.4, -0.2) is 14.7 Å². The van der Waals surface area contributed by atoms with E-state index in [4.69, 9.17) is 0 Å². The number of rotatable bonds is 3. The van der Waals surface area contributed by atoms with Gasteiger partial charge in [0.2, 0.25) is 0 Å². The number of hydrogen-bond acceptors (Lipinski definition) is 2. The van der Waals surface area contributed by atoms with Crippen LogP contribution < -0.4 is 0 Å². The summed E-state index contributed by atoms with van der Waals surface area (Å²) in [5.74, 6) is -0.225. The number of halogens is 1. The van der Waals surface area contributed by atoms with Gasteiger partial charge in [0.15, 0.2) is 9.84 Å². The van der Waals surface area contributed by atoms with Crippen molar-refractivity contribution >= 4 is 21.0 Å². The van der Waals surface area contributed by atoms with Crippen molar-refractivity contribution in [2.75, 3.05) is 6.26 Å². The van der Waals surface area contributed by atoms with Crippen LogP contribution in [0.4, 0.5) is 4.39 Å². The zero-order valence-corrected chi connectivity index (χ0v) is 14.1. The molecule has 0 N–H and O–H groups in total. The molecule has 0 atom stereocenters. The van der Waals surface area contributed by atoms with Gasteiger partial charge < -0.3 is 0 Å². The summed E-state index contributed by atoms with van der Waals surface area (Å²) in [6, 6.07) is 11.9. The molecule has 120 valence electrons. The number of aryl methyl sites for hydroxylation is 1. The van der Waals surface area contributed by atoms with Crippen LogP contribution in [0.15, 0.2) is 47.4 Å². The molecule has 0 amide bonds. The molecule has 3 rings (SSSR count). The van der Waals surface area contributed by atoms with Crippen LogP contribution in [0, 0.1) is 12.7 Å². The molecule has 0 bridgehead atoms. The summed E-state index contributed by atoms with van der Waals surface area (Å²) >= 11 is 0. The molecule has 2 nitrogen and oxygen atoms in total. The van der Waals surface area contributed by atoms with Gasteiger partial charge in [-0.3, -0.25) is 0 Å². The van der Waals surface area contributed by atoms with Crippen LogP contribution in [0.3, 0.4) is 0 Å². The SMILES string of the molecule is Cc1ccc(F)cc1C1=C(c2ccc(S(C)(=O)=O)cc2)CCC1. The van der Waals surface area contributed by atoms with E-state index in [1.807, 2.05) is 19.1 Å². The molecule has 0 heterocycles. The van der Waals surface area contributed by atoms with E-state index >= 15 is 0 Å². The number of allylic oxidation sites excluding steroid dienone is 2. The zero-order chi connectivity index (χ0) is 16.6. The molecule has 1 aliphatic carbocycles. The summed E-state index contributed by atoms with van der Waals surface area (Å²) in [6.45, 7) is 1.99. The summed E-state index contributed by atoms with van der Waals surface area (Å²) < 4.78 is 36.8. The minimum Gasteiger partial charge on any atom is -0.224 e. The maximum atomic E-state index is 13.6. The van der Waals surface area contributed by atoms with Gasteiger partial charge in [-0.25, -0.2) is 12.8 Å². The molecule has 0 fully saturated rings. The van der Waals surface area contributed by atoms with E-state index in [1.54, 1.807) is 24.3 Å². The van der Waals surface area contributed by atoms with Crippen LogP contribution in [0.1, 0.15) is 36.0 Å². The third-order valence-corrected chi connectivity index (χ3v) is 5.50. The molecular formula is C19H19FO2S. The van der Waals surface area contributed by atoms with Crippen molar-refractivity contribution in [1.29, 1.82) is 0 Å². The number of hydrogen-bond donors (Lipinski definition) is 0. The van der Waals surface area contributed by atoms with Crippen LogP contribution in [-0.2, 0) is 9.84 Å². The van der Waals surface area contributed by atoms with Gasteiger partial charge in [0.1, 0.15) is 5.82 Å². The average molecular weight is 330 g/mol. The van der Waals surface area contributed by atoms with Gasteiger partial charge in [0.05, 0.1) is 4.90 Å². The first-order valence-electron chi connectivity index (χ1n) is 7.65. The van der Waals surface area contributed by atoms with Crippen LogP contribution in [0.25, 0.3) is 11.1 Å². The van der Waals surface area contributed by atoms with Crippen LogP contribution >= 0.6 is 0 Å². The average Bonchev–Trinajstić information content (AvgIpc) is 2.98. The fourth-order valence-electron chi connectivity index (χ4n) is 3.18. The first kappa shape index (κ1) is 15.9. The second-order valence-electron chi connectivity index (χ2n) is 6.07. The van der Waals surface area contributed by atoms with Crippen molar-refractivity contribution in [3.8, 4) is 0 Å². The Morgan fingerprint density at radius 3 is 2.26 bits per heavy atom. The summed E-state index contributed by atoms with van der Waals surface area (Å²) in [7, 11) is -3.19. The topological polar surface area (TPSA) is 34.1 Å². The molecule has 0 saturated heterocycles. The Bertz CT molecular complexity index is 878. The van der Waals surface area contributed by atoms with E-state index in [9.17, 15) is 12.8 Å². The molecular weight excluding hydrogens is 311 g/mol. The fourth-order valence-corrected chi connectivity index (χ4v) is 3.81. The van der Waals surface area contributed by atoms with E-state index in [2.05, 4.69) is 0 Å². The maximum absolute atomic E-state index is 13.6. The summed E-state index contributed by atoms with van der Waals surface area (Å²) in [6.07, 6.45) is 4.10. The standard InChI is InChI=1S/C19H19FO2S/c1-13-6-9-15(20)12-19(13)18-5-3-4-17(18)14-7-10-16(11-8-14)23(2,21)22/h6-12H,3-5H2,1-2H3. The molecule has 1 aliphatic rings. The second-order valence-corrected chi connectivity index (χ2v) is 8.08. The van der Waals surface area contributed by atoms with Crippen LogP contribution in [0.2, 0.25) is 0 Å². The molecule has 0 aliphatic heterocycles. The molecule has 0 spiro atoms. The van der Waals surface area contributed by atoms with Gasteiger partial charge in [-0.2, -0.15) is 0 Å².